The summed E-state index contributed by atoms with van der Waals surface area (Å²) in [7, 11) is 0. The van der Waals surface area contributed by atoms with Gasteiger partial charge in [0, 0.05) is 35.1 Å². The number of carbonyl (C=O) groups is 1. The van der Waals surface area contributed by atoms with Gasteiger partial charge in [0.1, 0.15) is 0 Å². The SMILES string of the molecule is O=C1C[C@@H](c2ccc(Cl)cc2)CC2=C1[C@H](c1cccnc1)Nc1ccccc1N2. The molecular formula is C24H20ClN3O. The van der Waals surface area contributed by atoms with Crippen LogP contribution < -0.4 is 10.6 Å². The lowest BCUT2D eigenvalue weighted by Crippen LogP contribution is -2.26. The molecule has 2 N–H and O–H groups in total. The number of aromatic nitrogens is 1. The van der Waals surface area contributed by atoms with Gasteiger partial charge in [0.15, 0.2) is 5.78 Å². The molecule has 1 aliphatic heterocycles. The van der Waals surface area contributed by atoms with E-state index in [1.54, 1.807) is 6.20 Å². The van der Waals surface area contributed by atoms with Crippen LogP contribution in [0.5, 0.6) is 0 Å². The molecule has 2 aliphatic rings. The predicted octanol–water partition coefficient (Wildman–Crippen LogP) is 5.71. The van der Waals surface area contributed by atoms with E-state index < -0.39 is 0 Å². The van der Waals surface area contributed by atoms with Crippen molar-refractivity contribution in [2.24, 2.45) is 0 Å². The Morgan fingerprint density at radius 3 is 2.45 bits per heavy atom. The van der Waals surface area contributed by atoms with Crippen molar-refractivity contribution < 1.29 is 4.79 Å². The zero-order valence-corrected chi connectivity index (χ0v) is 16.5. The molecule has 2 aromatic carbocycles. The number of carbonyl (C=O) groups excluding carboxylic acids is 1. The molecule has 2 heterocycles. The molecule has 4 nitrogen and oxygen atoms in total. The van der Waals surface area contributed by atoms with Gasteiger partial charge in [0.25, 0.3) is 0 Å². The van der Waals surface area contributed by atoms with Crippen LogP contribution in [-0.2, 0) is 4.79 Å². The lowest BCUT2D eigenvalue weighted by Gasteiger charge is -2.29. The van der Waals surface area contributed by atoms with Gasteiger partial charge in [-0.15, -0.1) is 0 Å². The van der Waals surface area contributed by atoms with Crippen molar-refractivity contribution in [1.29, 1.82) is 0 Å². The van der Waals surface area contributed by atoms with Crippen LogP contribution in [0, 0.1) is 0 Å². The predicted molar refractivity (Wildman–Crippen MR) is 116 cm³/mol. The number of allylic oxidation sites excluding steroid dienone is 1. The second-order valence-corrected chi connectivity index (χ2v) is 7.94. The maximum atomic E-state index is 13.4. The highest BCUT2D eigenvalue weighted by atomic mass is 35.5. The van der Waals surface area contributed by atoms with Gasteiger partial charge in [-0.25, -0.2) is 0 Å². The van der Waals surface area contributed by atoms with E-state index in [2.05, 4.69) is 15.6 Å². The van der Waals surface area contributed by atoms with Crippen LogP contribution >= 0.6 is 11.6 Å². The zero-order valence-electron chi connectivity index (χ0n) is 15.7. The van der Waals surface area contributed by atoms with Gasteiger partial charge < -0.3 is 10.6 Å². The zero-order chi connectivity index (χ0) is 19.8. The standard InChI is InChI=1S/C24H20ClN3O/c25-18-9-7-15(8-10-18)17-12-21-23(22(29)13-17)24(16-4-3-11-26-14-16)28-20-6-2-1-5-19(20)27-21/h1-11,14,17,24,27-28H,12-13H2/t17-,24-/m0/s1. The van der Waals surface area contributed by atoms with Crippen molar-refractivity contribution in [3.8, 4) is 0 Å². The number of nitrogens with one attached hydrogen (secondary N) is 2. The summed E-state index contributed by atoms with van der Waals surface area (Å²) in [5, 5.41) is 7.83. The van der Waals surface area contributed by atoms with Crippen molar-refractivity contribution in [3.63, 3.8) is 0 Å². The molecular weight excluding hydrogens is 382 g/mol. The summed E-state index contributed by atoms with van der Waals surface area (Å²) in [5.41, 5.74) is 5.87. The minimum absolute atomic E-state index is 0.130. The number of Topliss-reactive ketones (excluding diaryl/α,β-unsaturated/α-hetero) is 1. The summed E-state index contributed by atoms with van der Waals surface area (Å²) >= 11 is 6.05. The van der Waals surface area contributed by atoms with Gasteiger partial charge in [-0.2, -0.15) is 0 Å². The Kier molecular flexibility index (Phi) is 4.57. The fourth-order valence-corrected chi connectivity index (χ4v) is 4.39. The molecule has 144 valence electrons. The van der Waals surface area contributed by atoms with Crippen LogP contribution in [0.1, 0.15) is 35.9 Å². The molecule has 0 bridgehead atoms. The number of halogens is 1. The molecule has 1 aliphatic carbocycles. The monoisotopic (exact) mass is 401 g/mol. The Morgan fingerprint density at radius 1 is 0.897 bits per heavy atom. The van der Waals surface area contributed by atoms with Crippen molar-refractivity contribution in [2.45, 2.75) is 24.8 Å². The van der Waals surface area contributed by atoms with Crippen LogP contribution in [0.25, 0.3) is 0 Å². The van der Waals surface area contributed by atoms with Gasteiger partial charge in [0.05, 0.1) is 17.4 Å². The highest BCUT2D eigenvalue weighted by Gasteiger charge is 2.36. The molecule has 0 fully saturated rings. The van der Waals surface area contributed by atoms with Crippen molar-refractivity contribution in [1.82, 2.24) is 4.98 Å². The van der Waals surface area contributed by atoms with E-state index in [-0.39, 0.29) is 17.7 Å². The summed E-state index contributed by atoms with van der Waals surface area (Å²) < 4.78 is 0. The largest absolute Gasteiger partial charge is 0.372 e. The van der Waals surface area contributed by atoms with Crippen molar-refractivity contribution in [2.75, 3.05) is 10.6 Å². The van der Waals surface area contributed by atoms with Gasteiger partial charge in [-0.3, -0.25) is 9.78 Å². The number of para-hydroxylation sites is 2. The minimum atomic E-state index is -0.228. The fourth-order valence-electron chi connectivity index (χ4n) is 4.26. The molecule has 5 rings (SSSR count). The molecule has 0 spiro atoms. The van der Waals surface area contributed by atoms with E-state index in [0.29, 0.717) is 11.4 Å². The number of fused-ring (bicyclic) bond motifs is 1. The van der Waals surface area contributed by atoms with E-state index in [1.807, 2.05) is 66.9 Å². The molecule has 0 amide bonds. The number of hydrogen-bond acceptors (Lipinski definition) is 4. The van der Waals surface area contributed by atoms with E-state index >= 15 is 0 Å². The lowest BCUT2D eigenvalue weighted by molar-refractivity contribution is -0.116. The van der Waals surface area contributed by atoms with E-state index in [9.17, 15) is 4.79 Å². The number of anilines is 2. The molecule has 1 aromatic heterocycles. The molecule has 2 atom stereocenters. The quantitative estimate of drug-likeness (QED) is 0.577. The first-order valence-electron chi connectivity index (χ1n) is 9.73. The van der Waals surface area contributed by atoms with Crippen LogP contribution in [-0.4, -0.2) is 10.8 Å². The third-order valence-corrected chi connectivity index (χ3v) is 5.92. The molecule has 5 heteroatoms. The van der Waals surface area contributed by atoms with E-state index in [1.165, 1.54) is 0 Å². The van der Waals surface area contributed by atoms with Crippen LogP contribution in [0.4, 0.5) is 11.4 Å². The highest BCUT2D eigenvalue weighted by molar-refractivity contribution is 6.30. The van der Waals surface area contributed by atoms with Gasteiger partial charge in [0.2, 0.25) is 0 Å². The minimum Gasteiger partial charge on any atom is -0.372 e. The molecule has 3 aromatic rings. The van der Waals surface area contributed by atoms with Gasteiger partial charge in [-0.05, 0) is 53.8 Å². The third-order valence-electron chi connectivity index (χ3n) is 5.67. The topological polar surface area (TPSA) is 54.0 Å². The Morgan fingerprint density at radius 2 is 1.69 bits per heavy atom. The molecule has 29 heavy (non-hydrogen) atoms. The van der Waals surface area contributed by atoms with Crippen LogP contribution in [0.15, 0.2) is 84.3 Å². The fraction of sp³-hybridized carbons (Fsp3) is 0.167. The molecule has 0 saturated heterocycles. The van der Waals surface area contributed by atoms with Gasteiger partial charge >= 0.3 is 0 Å². The Bertz CT molecular complexity index is 1090. The molecule has 0 radical (unpaired) electrons. The summed E-state index contributed by atoms with van der Waals surface area (Å²) in [5.74, 6) is 0.290. The number of pyridine rings is 1. The molecule has 0 saturated carbocycles. The number of ketones is 1. The van der Waals surface area contributed by atoms with Gasteiger partial charge in [-0.1, -0.05) is 41.9 Å². The Labute approximate surface area is 174 Å². The van der Waals surface area contributed by atoms with Crippen LogP contribution in [0.2, 0.25) is 5.02 Å². The number of hydrogen-bond donors (Lipinski definition) is 2. The van der Waals surface area contributed by atoms with Crippen molar-refractivity contribution >= 4 is 28.8 Å². The smallest absolute Gasteiger partial charge is 0.163 e. The lowest BCUT2D eigenvalue weighted by atomic mass is 9.79. The number of rotatable bonds is 2. The Hall–Kier alpha value is -3.11. The molecule has 0 unspecified atom stereocenters. The summed E-state index contributed by atoms with van der Waals surface area (Å²) in [6, 6.07) is 19.6. The van der Waals surface area contributed by atoms with E-state index in [0.717, 1.165) is 40.2 Å². The normalized spacial score (nSPS) is 20.8. The van der Waals surface area contributed by atoms with Crippen molar-refractivity contribution in [3.05, 3.63) is 100 Å². The highest BCUT2D eigenvalue weighted by Crippen LogP contribution is 2.44. The number of benzene rings is 2. The third kappa shape index (κ3) is 3.40. The maximum absolute atomic E-state index is 13.4. The first-order valence-corrected chi connectivity index (χ1v) is 10.1. The summed E-state index contributed by atoms with van der Waals surface area (Å²) in [6.07, 6.45) is 4.84. The maximum Gasteiger partial charge on any atom is 0.163 e. The Balaban J connectivity index is 1.60. The first kappa shape index (κ1) is 18.0. The summed E-state index contributed by atoms with van der Waals surface area (Å²) in [6.45, 7) is 0. The average molecular weight is 402 g/mol. The van der Waals surface area contributed by atoms with Crippen LogP contribution in [0.3, 0.4) is 0 Å². The number of nitrogens with zero attached hydrogens (tertiary/aromatic N) is 1. The second kappa shape index (κ2) is 7.37. The second-order valence-electron chi connectivity index (χ2n) is 7.51. The average Bonchev–Trinajstić information content (AvgIpc) is 2.92. The summed E-state index contributed by atoms with van der Waals surface area (Å²) in [4.78, 5) is 17.7. The first-order chi connectivity index (χ1) is 14.2. The van der Waals surface area contributed by atoms with E-state index in [4.69, 9.17) is 11.6 Å².